The zero-order valence-corrected chi connectivity index (χ0v) is 21.3. The van der Waals surface area contributed by atoms with Crippen molar-refractivity contribution in [2.45, 2.75) is 56.7 Å². The fourth-order valence-corrected chi connectivity index (χ4v) is 5.18. The number of rotatable bonds is 6. The summed E-state index contributed by atoms with van der Waals surface area (Å²) < 4.78 is 13.1. The summed E-state index contributed by atoms with van der Waals surface area (Å²) in [5, 5.41) is 1.14. The lowest BCUT2D eigenvalue weighted by Gasteiger charge is -2.33. The highest BCUT2D eigenvalue weighted by molar-refractivity contribution is 7.98. The number of fused-ring (bicyclic) bond motifs is 2. The van der Waals surface area contributed by atoms with Crippen LogP contribution in [0.5, 0.6) is 5.75 Å². The topological polar surface area (TPSA) is 66.2 Å². The molecule has 1 unspecified atom stereocenters. The Labute approximate surface area is 209 Å². The van der Waals surface area contributed by atoms with E-state index in [1.165, 1.54) is 11.8 Å². The van der Waals surface area contributed by atoms with Crippen molar-refractivity contribution in [2.24, 2.45) is 0 Å². The number of benzene rings is 2. The minimum Gasteiger partial charge on any atom is -0.497 e. The monoisotopic (exact) mass is 487 g/mol. The molecule has 180 valence electrons. The van der Waals surface area contributed by atoms with Crippen molar-refractivity contribution in [3.63, 3.8) is 0 Å². The van der Waals surface area contributed by atoms with Gasteiger partial charge in [-0.15, -0.1) is 0 Å². The van der Waals surface area contributed by atoms with E-state index in [4.69, 9.17) is 19.4 Å². The van der Waals surface area contributed by atoms with E-state index in [2.05, 4.69) is 13.8 Å². The molecule has 2 aromatic heterocycles. The minimum atomic E-state index is -0.240. The Hall–Kier alpha value is -3.16. The second-order valence-corrected chi connectivity index (χ2v) is 10.2. The molecule has 0 amide bonds. The molecule has 1 aliphatic heterocycles. The third kappa shape index (κ3) is 4.70. The normalized spacial score (nSPS) is 17.4. The van der Waals surface area contributed by atoms with E-state index in [1.807, 2.05) is 61.5 Å². The number of methoxy groups -OCH3 is 1. The molecule has 0 fully saturated rings. The summed E-state index contributed by atoms with van der Waals surface area (Å²) in [6, 6.07) is 17.8. The molecule has 0 N–H and O–H groups in total. The summed E-state index contributed by atoms with van der Waals surface area (Å²) in [6.45, 7) is 6.73. The molecule has 0 saturated heterocycles. The Balaban J connectivity index is 1.61. The van der Waals surface area contributed by atoms with Gasteiger partial charge >= 0.3 is 0 Å². The molecule has 1 aliphatic rings. The van der Waals surface area contributed by atoms with Crippen molar-refractivity contribution < 1.29 is 9.47 Å². The van der Waals surface area contributed by atoms with Gasteiger partial charge in [-0.3, -0.25) is 9.36 Å². The fraction of sp³-hybridized carbons (Fsp3) is 0.321. The van der Waals surface area contributed by atoms with E-state index in [0.717, 1.165) is 40.2 Å². The highest BCUT2D eigenvalue weighted by Gasteiger charge is 2.31. The van der Waals surface area contributed by atoms with E-state index >= 15 is 0 Å². The van der Waals surface area contributed by atoms with Crippen molar-refractivity contribution in [3.05, 3.63) is 87.3 Å². The smallest absolute Gasteiger partial charge is 0.268 e. The Morgan fingerprint density at radius 3 is 2.54 bits per heavy atom. The third-order valence-corrected chi connectivity index (χ3v) is 7.69. The molecular formula is C28H29N3O3S. The fourth-order valence-electron chi connectivity index (χ4n) is 4.22. The first-order valence-corrected chi connectivity index (χ1v) is 12.8. The molecule has 2 aromatic carbocycles. The van der Waals surface area contributed by atoms with E-state index in [1.54, 1.807) is 11.7 Å². The lowest BCUT2D eigenvalue weighted by atomic mass is 9.91. The van der Waals surface area contributed by atoms with Crippen molar-refractivity contribution >= 4 is 22.8 Å². The number of hydrogen-bond donors (Lipinski definition) is 0. The quantitative estimate of drug-likeness (QED) is 0.259. The third-order valence-electron chi connectivity index (χ3n) is 6.68. The first kappa shape index (κ1) is 23.6. The standard InChI is InChI=1S/C28H29N3O3S/c1-5-28(3)15-24-20(16-34-28)14-23-25(29-24)30-27(35-17-19-8-12-22(33-4)13-9-19)31(26(23)32)21-10-6-18(2)7-11-21/h6-14H,5,15-17H2,1-4H3. The second-order valence-electron chi connectivity index (χ2n) is 9.24. The van der Waals surface area contributed by atoms with Gasteiger partial charge in [0.05, 0.1) is 36.1 Å². The number of aryl methyl sites for hydroxylation is 1. The van der Waals surface area contributed by atoms with Crippen LogP contribution >= 0.6 is 11.8 Å². The molecule has 0 aliphatic carbocycles. The molecule has 4 aromatic rings. The van der Waals surface area contributed by atoms with Crippen LogP contribution < -0.4 is 10.3 Å². The molecule has 0 radical (unpaired) electrons. The number of pyridine rings is 1. The average Bonchev–Trinajstić information content (AvgIpc) is 2.87. The number of hydrogen-bond acceptors (Lipinski definition) is 6. The summed E-state index contributed by atoms with van der Waals surface area (Å²) in [6.07, 6.45) is 1.61. The van der Waals surface area contributed by atoms with Crippen LogP contribution in [0, 0.1) is 6.92 Å². The van der Waals surface area contributed by atoms with Gasteiger partial charge in [-0.25, -0.2) is 9.97 Å². The second kappa shape index (κ2) is 9.47. The minimum absolute atomic E-state index is 0.116. The van der Waals surface area contributed by atoms with Crippen molar-refractivity contribution in [1.29, 1.82) is 0 Å². The lowest BCUT2D eigenvalue weighted by molar-refractivity contribution is -0.0573. The van der Waals surface area contributed by atoms with E-state index in [9.17, 15) is 4.79 Å². The first-order valence-electron chi connectivity index (χ1n) is 11.8. The van der Waals surface area contributed by atoms with Gasteiger partial charge in [-0.2, -0.15) is 0 Å². The van der Waals surface area contributed by atoms with Crippen LogP contribution in [-0.4, -0.2) is 27.2 Å². The maximum Gasteiger partial charge on any atom is 0.268 e. The van der Waals surface area contributed by atoms with Crippen LogP contribution in [0.4, 0.5) is 0 Å². The summed E-state index contributed by atoms with van der Waals surface area (Å²) >= 11 is 1.53. The molecule has 5 rings (SSSR count). The number of aromatic nitrogens is 3. The maximum absolute atomic E-state index is 13.8. The van der Waals surface area contributed by atoms with Crippen molar-refractivity contribution in [2.75, 3.05) is 7.11 Å². The number of nitrogens with zero attached hydrogens (tertiary/aromatic N) is 3. The highest BCUT2D eigenvalue weighted by atomic mass is 32.2. The molecule has 0 spiro atoms. The van der Waals surface area contributed by atoms with Crippen LogP contribution in [0.1, 0.15) is 42.7 Å². The van der Waals surface area contributed by atoms with E-state index in [0.29, 0.717) is 35.0 Å². The molecule has 0 saturated carbocycles. The summed E-state index contributed by atoms with van der Waals surface area (Å²) in [7, 11) is 1.66. The highest BCUT2D eigenvalue weighted by Crippen LogP contribution is 2.31. The van der Waals surface area contributed by atoms with Crippen LogP contribution in [-0.2, 0) is 23.5 Å². The molecule has 6 nitrogen and oxygen atoms in total. The SMILES string of the molecule is CCC1(C)Cc2nc3nc(SCc4ccc(OC)cc4)n(-c4ccc(C)cc4)c(=O)c3cc2CO1. The molecular weight excluding hydrogens is 458 g/mol. The zero-order chi connectivity index (χ0) is 24.6. The summed E-state index contributed by atoms with van der Waals surface area (Å²) in [5.74, 6) is 1.48. The van der Waals surface area contributed by atoms with Crippen molar-refractivity contribution in [3.8, 4) is 11.4 Å². The van der Waals surface area contributed by atoms with Gasteiger partial charge in [-0.1, -0.05) is 48.5 Å². The Morgan fingerprint density at radius 1 is 1.11 bits per heavy atom. The predicted molar refractivity (Wildman–Crippen MR) is 140 cm³/mol. The van der Waals surface area contributed by atoms with E-state index in [-0.39, 0.29) is 11.2 Å². The number of thioether (sulfide) groups is 1. The predicted octanol–water partition coefficient (Wildman–Crippen LogP) is 5.63. The van der Waals surface area contributed by atoms with Crippen LogP contribution in [0.2, 0.25) is 0 Å². The van der Waals surface area contributed by atoms with Gasteiger partial charge in [0.25, 0.3) is 5.56 Å². The molecule has 3 heterocycles. The lowest BCUT2D eigenvalue weighted by Crippen LogP contribution is -2.35. The Kier molecular flexibility index (Phi) is 6.38. The van der Waals surface area contributed by atoms with Gasteiger partial charge < -0.3 is 9.47 Å². The Morgan fingerprint density at radius 2 is 1.86 bits per heavy atom. The maximum atomic E-state index is 13.8. The molecule has 0 bridgehead atoms. The first-order chi connectivity index (χ1) is 16.9. The van der Waals surface area contributed by atoms with Crippen molar-refractivity contribution in [1.82, 2.24) is 14.5 Å². The van der Waals surface area contributed by atoms with Gasteiger partial charge in [0.15, 0.2) is 10.8 Å². The van der Waals surface area contributed by atoms with Gasteiger partial charge in [0.2, 0.25) is 0 Å². The summed E-state index contributed by atoms with van der Waals surface area (Å²) in [4.78, 5) is 23.6. The molecule has 35 heavy (non-hydrogen) atoms. The Bertz CT molecular complexity index is 1430. The van der Waals surface area contributed by atoms with Gasteiger partial charge in [0, 0.05) is 17.7 Å². The van der Waals surface area contributed by atoms with Gasteiger partial charge in [-0.05, 0) is 56.2 Å². The zero-order valence-electron chi connectivity index (χ0n) is 20.5. The van der Waals surface area contributed by atoms with Gasteiger partial charge in [0.1, 0.15) is 5.75 Å². The molecule has 7 heteroatoms. The largest absolute Gasteiger partial charge is 0.497 e. The number of ether oxygens (including phenoxy) is 2. The van der Waals surface area contributed by atoms with Crippen LogP contribution in [0.15, 0.2) is 64.5 Å². The molecule has 1 atom stereocenters. The van der Waals surface area contributed by atoms with Crippen LogP contribution in [0.3, 0.4) is 0 Å². The van der Waals surface area contributed by atoms with E-state index < -0.39 is 0 Å². The average molecular weight is 488 g/mol. The summed E-state index contributed by atoms with van der Waals surface area (Å²) in [5.41, 5.74) is 5.13. The van der Waals surface area contributed by atoms with Crippen LogP contribution in [0.25, 0.3) is 16.7 Å².